The van der Waals surface area contributed by atoms with Crippen LogP contribution >= 0.6 is 0 Å². The SMILES string of the molecule is CCOC(=O)CN1CCC2(C=Cc3ccccc3O2)CC1c1ccc(O)cc1. The summed E-state index contributed by atoms with van der Waals surface area (Å²) < 4.78 is 11.6. The fourth-order valence-corrected chi connectivity index (χ4v) is 4.08. The predicted octanol–water partition coefficient (Wildman–Crippen LogP) is 3.94. The molecule has 0 aliphatic carbocycles. The van der Waals surface area contributed by atoms with Crippen LogP contribution in [0.3, 0.4) is 0 Å². The van der Waals surface area contributed by atoms with E-state index < -0.39 is 5.60 Å². The zero-order chi connectivity index (χ0) is 19.6. The lowest BCUT2D eigenvalue weighted by molar-refractivity contribution is -0.146. The van der Waals surface area contributed by atoms with Crippen LogP contribution in [0.2, 0.25) is 0 Å². The van der Waals surface area contributed by atoms with Crippen LogP contribution < -0.4 is 4.74 Å². The Hall–Kier alpha value is -2.79. The molecule has 2 unspecified atom stereocenters. The molecule has 28 heavy (non-hydrogen) atoms. The Balaban J connectivity index is 1.61. The van der Waals surface area contributed by atoms with Gasteiger partial charge in [-0.1, -0.05) is 36.4 Å². The number of piperidine rings is 1. The summed E-state index contributed by atoms with van der Waals surface area (Å²) >= 11 is 0. The zero-order valence-corrected chi connectivity index (χ0v) is 16.0. The Bertz CT molecular complexity index is 876. The summed E-state index contributed by atoms with van der Waals surface area (Å²) in [6.45, 7) is 3.16. The van der Waals surface area contributed by atoms with Gasteiger partial charge in [-0.2, -0.15) is 0 Å². The zero-order valence-electron chi connectivity index (χ0n) is 16.0. The van der Waals surface area contributed by atoms with Crippen molar-refractivity contribution in [1.82, 2.24) is 4.90 Å². The molecule has 1 spiro atoms. The molecule has 1 fully saturated rings. The highest BCUT2D eigenvalue weighted by atomic mass is 16.5. The highest BCUT2D eigenvalue weighted by Crippen LogP contribution is 2.43. The molecule has 2 aliphatic heterocycles. The van der Waals surface area contributed by atoms with E-state index in [1.807, 2.05) is 43.3 Å². The normalized spacial score (nSPS) is 23.8. The minimum absolute atomic E-state index is 0.00586. The quantitative estimate of drug-likeness (QED) is 0.816. The number of carbonyl (C=O) groups is 1. The molecule has 0 radical (unpaired) electrons. The number of rotatable bonds is 4. The van der Waals surface area contributed by atoms with Crippen LogP contribution in [-0.2, 0) is 9.53 Å². The van der Waals surface area contributed by atoms with Gasteiger partial charge in [0.1, 0.15) is 17.1 Å². The molecule has 4 rings (SSSR count). The first-order chi connectivity index (χ1) is 13.6. The minimum Gasteiger partial charge on any atom is -0.508 e. The van der Waals surface area contributed by atoms with Gasteiger partial charge in [0.05, 0.1) is 13.2 Å². The van der Waals surface area contributed by atoms with E-state index >= 15 is 0 Å². The summed E-state index contributed by atoms with van der Waals surface area (Å²) in [6.07, 6.45) is 5.81. The lowest BCUT2D eigenvalue weighted by atomic mass is 9.81. The number of ether oxygens (including phenoxy) is 2. The van der Waals surface area contributed by atoms with Crippen LogP contribution in [0.4, 0.5) is 0 Å². The highest BCUT2D eigenvalue weighted by Gasteiger charge is 2.42. The Kier molecular flexibility index (Phi) is 5.09. The van der Waals surface area contributed by atoms with Gasteiger partial charge in [0.2, 0.25) is 0 Å². The third-order valence-corrected chi connectivity index (χ3v) is 5.52. The minimum atomic E-state index is -0.401. The molecule has 2 aromatic carbocycles. The smallest absolute Gasteiger partial charge is 0.320 e. The highest BCUT2D eigenvalue weighted by molar-refractivity contribution is 5.71. The number of aromatic hydroxyl groups is 1. The van der Waals surface area contributed by atoms with E-state index in [2.05, 4.69) is 17.1 Å². The van der Waals surface area contributed by atoms with E-state index in [-0.39, 0.29) is 24.3 Å². The van der Waals surface area contributed by atoms with Crippen molar-refractivity contribution in [2.75, 3.05) is 19.7 Å². The van der Waals surface area contributed by atoms with Gasteiger partial charge in [0, 0.05) is 31.0 Å². The first kappa shape index (κ1) is 18.6. The van der Waals surface area contributed by atoms with E-state index in [9.17, 15) is 9.90 Å². The molecule has 2 heterocycles. The number of benzene rings is 2. The Labute approximate surface area is 165 Å². The molecule has 2 aliphatic rings. The van der Waals surface area contributed by atoms with Gasteiger partial charge in [-0.25, -0.2) is 0 Å². The predicted molar refractivity (Wildman–Crippen MR) is 107 cm³/mol. The molecule has 5 heteroatoms. The lowest BCUT2D eigenvalue weighted by Gasteiger charge is -2.46. The number of phenols is 1. The van der Waals surface area contributed by atoms with Crippen molar-refractivity contribution < 1.29 is 19.4 Å². The van der Waals surface area contributed by atoms with Crippen LogP contribution in [0.1, 0.15) is 36.9 Å². The molecule has 2 atom stereocenters. The maximum Gasteiger partial charge on any atom is 0.320 e. The molecular weight excluding hydrogens is 354 g/mol. The van der Waals surface area contributed by atoms with E-state index in [0.717, 1.165) is 36.3 Å². The van der Waals surface area contributed by atoms with Crippen molar-refractivity contribution in [3.8, 4) is 11.5 Å². The number of likely N-dealkylation sites (tertiary alicyclic amines) is 1. The summed E-state index contributed by atoms with van der Waals surface area (Å²) in [5, 5.41) is 9.66. The fourth-order valence-electron chi connectivity index (χ4n) is 4.08. The van der Waals surface area contributed by atoms with Crippen molar-refractivity contribution in [3.63, 3.8) is 0 Å². The largest absolute Gasteiger partial charge is 0.508 e. The van der Waals surface area contributed by atoms with Crippen LogP contribution in [0.25, 0.3) is 6.08 Å². The maximum atomic E-state index is 12.1. The van der Waals surface area contributed by atoms with E-state index in [1.165, 1.54) is 0 Å². The summed E-state index contributed by atoms with van der Waals surface area (Å²) in [7, 11) is 0. The Morgan fingerprint density at radius 3 is 2.82 bits per heavy atom. The van der Waals surface area contributed by atoms with Crippen molar-refractivity contribution in [2.24, 2.45) is 0 Å². The molecule has 146 valence electrons. The second kappa shape index (κ2) is 7.68. The van der Waals surface area contributed by atoms with Crippen LogP contribution in [-0.4, -0.2) is 41.3 Å². The van der Waals surface area contributed by atoms with Gasteiger partial charge in [-0.05, 0) is 36.8 Å². The Morgan fingerprint density at radius 2 is 2.04 bits per heavy atom. The first-order valence-corrected chi connectivity index (χ1v) is 9.74. The van der Waals surface area contributed by atoms with Crippen LogP contribution in [0.15, 0.2) is 54.6 Å². The molecule has 0 bridgehead atoms. The van der Waals surface area contributed by atoms with Crippen molar-refractivity contribution in [1.29, 1.82) is 0 Å². The average Bonchev–Trinajstić information content (AvgIpc) is 2.70. The van der Waals surface area contributed by atoms with Gasteiger partial charge < -0.3 is 14.6 Å². The number of phenolic OH excluding ortho intramolecular Hbond substituents is 1. The Morgan fingerprint density at radius 1 is 1.25 bits per heavy atom. The van der Waals surface area contributed by atoms with Crippen molar-refractivity contribution in [3.05, 3.63) is 65.7 Å². The third-order valence-electron chi connectivity index (χ3n) is 5.52. The molecule has 1 saturated heterocycles. The van der Waals surface area contributed by atoms with Gasteiger partial charge >= 0.3 is 5.97 Å². The van der Waals surface area contributed by atoms with Crippen LogP contribution in [0, 0.1) is 0 Å². The van der Waals surface area contributed by atoms with E-state index in [4.69, 9.17) is 9.47 Å². The van der Waals surface area contributed by atoms with Crippen molar-refractivity contribution >= 4 is 12.0 Å². The van der Waals surface area contributed by atoms with Crippen LogP contribution in [0.5, 0.6) is 11.5 Å². The van der Waals surface area contributed by atoms with Gasteiger partial charge in [-0.3, -0.25) is 9.69 Å². The second-order valence-corrected chi connectivity index (χ2v) is 7.37. The molecule has 0 saturated carbocycles. The topological polar surface area (TPSA) is 59.0 Å². The number of nitrogens with zero attached hydrogens (tertiary/aromatic N) is 1. The molecule has 5 nitrogen and oxygen atoms in total. The first-order valence-electron chi connectivity index (χ1n) is 9.74. The lowest BCUT2D eigenvalue weighted by Crippen LogP contribution is -2.50. The number of carbonyl (C=O) groups excluding carboxylic acids is 1. The molecule has 2 aromatic rings. The summed E-state index contributed by atoms with van der Waals surface area (Å²) in [5.41, 5.74) is 1.74. The average molecular weight is 379 g/mol. The molecular formula is C23H25NO4. The monoisotopic (exact) mass is 379 g/mol. The standard InChI is InChI=1S/C23H25NO4/c1-2-27-22(26)16-24-14-13-23(12-11-18-5-3-4-6-21(18)28-23)15-20(24)17-7-9-19(25)10-8-17/h3-12,20,25H,2,13-16H2,1H3. The summed E-state index contributed by atoms with van der Waals surface area (Å²) in [5.74, 6) is 0.912. The fraction of sp³-hybridized carbons (Fsp3) is 0.348. The van der Waals surface area contributed by atoms with Crippen molar-refractivity contribution in [2.45, 2.75) is 31.4 Å². The van der Waals surface area contributed by atoms with Gasteiger partial charge in [0.15, 0.2) is 0 Å². The molecule has 0 aromatic heterocycles. The number of hydrogen-bond donors (Lipinski definition) is 1. The molecule has 1 N–H and O–H groups in total. The number of para-hydroxylation sites is 1. The summed E-state index contributed by atoms with van der Waals surface area (Å²) in [6, 6.07) is 15.2. The third kappa shape index (κ3) is 3.76. The maximum absolute atomic E-state index is 12.1. The molecule has 0 amide bonds. The van der Waals surface area contributed by atoms with Gasteiger partial charge in [-0.15, -0.1) is 0 Å². The number of esters is 1. The number of hydrogen-bond acceptors (Lipinski definition) is 5. The number of fused-ring (bicyclic) bond motifs is 1. The van der Waals surface area contributed by atoms with E-state index in [0.29, 0.717) is 6.61 Å². The van der Waals surface area contributed by atoms with E-state index in [1.54, 1.807) is 12.1 Å². The second-order valence-electron chi connectivity index (χ2n) is 7.37. The summed E-state index contributed by atoms with van der Waals surface area (Å²) in [4.78, 5) is 14.3. The van der Waals surface area contributed by atoms with Gasteiger partial charge in [0.25, 0.3) is 0 Å².